The van der Waals surface area contributed by atoms with Gasteiger partial charge in [0.15, 0.2) is 5.78 Å². The van der Waals surface area contributed by atoms with Crippen molar-refractivity contribution >= 4 is 5.78 Å². The summed E-state index contributed by atoms with van der Waals surface area (Å²) < 4.78 is 13.3. The summed E-state index contributed by atoms with van der Waals surface area (Å²) >= 11 is 0. The van der Waals surface area contributed by atoms with Gasteiger partial charge in [0, 0.05) is 32.6 Å². The van der Waals surface area contributed by atoms with Crippen LogP contribution in [-0.2, 0) is 11.2 Å². The molecule has 4 heteroatoms. The van der Waals surface area contributed by atoms with Crippen molar-refractivity contribution in [1.82, 2.24) is 10.2 Å². The standard InChI is InChI=1S/C16H23FN2O/c1-12-4-5-14(17)10-13(12)11-15(20)16(2,3)19-8-6-18-7-9-19/h4-5,10,18H,6-9,11H2,1-3H3. The number of ketones is 1. The average Bonchev–Trinajstić information content (AvgIpc) is 2.43. The Labute approximate surface area is 120 Å². The van der Waals surface area contributed by atoms with E-state index in [2.05, 4.69) is 10.2 Å². The van der Waals surface area contributed by atoms with Crippen molar-refractivity contribution in [2.75, 3.05) is 26.2 Å². The minimum Gasteiger partial charge on any atom is -0.314 e. The van der Waals surface area contributed by atoms with Crippen molar-refractivity contribution in [1.29, 1.82) is 0 Å². The summed E-state index contributed by atoms with van der Waals surface area (Å²) in [5.74, 6) is -0.133. The zero-order valence-corrected chi connectivity index (χ0v) is 12.5. The predicted octanol–water partition coefficient (Wildman–Crippen LogP) is 1.93. The van der Waals surface area contributed by atoms with Crippen LogP contribution in [0.2, 0.25) is 0 Å². The highest BCUT2D eigenvalue weighted by atomic mass is 19.1. The van der Waals surface area contributed by atoms with Gasteiger partial charge in [0.05, 0.1) is 5.54 Å². The van der Waals surface area contributed by atoms with Crippen molar-refractivity contribution in [2.24, 2.45) is 0 Å². The summed E-state index contributed by atoms with van der Waals surface area (Å²) in [6.07, 6.45) is 0.292. The number of nitrogens with one attached hydrogen (secondary N) is 1. The van der Waals surface area contributed by atoms with Crippen molar-refractivity contribution in [2.45, 2.75) is 32.7 Å². The molecule has 0 radical (unpaired) electrons. The number of aryl methyl sites for hydroxylation is 1. The van der Waals surface area contributed by atoms with Gasteiger partial charge in [-0.1, -0.05) is 6.07 Å². The molecule has 2 rings (SSSR count). The summed E-state index contributed by atoms with van der Waals surface area (Å²) in [6.45, 7) is 9.43. The van der Waals surface area contributed by atoms with Crippen LogP contribution in [0.4, 0.5) is 4.39 Å². The quantitative estimate of drug-likeness (QED) is 0.913. The number of piperazine rings is 1. The molecule has 110 valence electrons. The molecule has 20 heavy (non-hydrogen) atoms. The summed E-state index contributed by atoms with van der Waals surface area (Å²) in [5.41, 5.74) is 1.26. The van der Waals surface area contributed by atoms with Gasteiger partial charge in [0.25, 0.3) is 0 Å². The fourth-order valence-corrected chi connectivity index (χ4v) is 2.62. The average molecular weight is 278 g/mol. The van der Waals surface area contributed by atoms with E-state index in [9.17, 15) is 9.18 Å². The van der Waals surface area contributed by atoms with Gasteiger partial charge in [-0.15, -0.1) is 0 Å². The SMILES string of the molecule is Cc1ccc(F)cc1CC(=O)C(C)(C)N1CCNCC1. The van der Waals surface area contributed by atoms with Crippen LogP contribution < -0.4 is 5.32 Å². The molecule has 0 unspecified atom stereocenters. The highest BCUT2D eigenvalue weighted by Crippen LogP contribution is 2.20. The number of carbonyl (C=O) groups is 1. The Bertz CT molecular complexity index is 493. The number of carbonyl (C=O) groups excluding carboxylic acids is 1. The Morgan fingerprint density at radius 2 is 2.00 bits per heavy atom. The third kappa shape index (κ3) is 3.25. The molecule has 1 fully saturated rings. The van der Waals surface area contributed by atoms with Gasteiger partial charge in [0.1, 0.15) is 5.82 Å². The number of nitrogens with zero attached hydrogens (tertiary/aromatic N) is 1. The molecule has 1 N–H and O–H groups in total. The summed E-state index contributed by atoms with van der Waals surface area (Å²) in [6, 6.07) is 4.64. The molecule has 0 aromatic heterocycles. The molecule has 0 spiro atoms. The summed E-state index contributed by atoms with van der Waals surface area (Å²) in [5, 5.41) is 3.29. The number of halogens is 1. The fraction of sp³-hybridized carbons (Fsp3) is 0.562. The first-order valence-electron chi connectivity index (χ1n) is 7.15. The predicted molar refractivity (Wildman–Crippen MR) is 78.4 cm³/mol. The van der Waals surface area contributed by atoms with Crippen molar-refractivity contribution in [3.05, 3.63) is 35.1 Å². The first kappa shape index (κ1) is 15.1. The molecule has 1 aliphatic heterocycles. The minimum absolute atomic E-state index is 0.146. The second-order valence-corrected chi connectivity index (χ2v) is 5.97. The molecule has 0 amide bonds. The second-order valence-electron chi connectivity index (χ2n) is 5.97. The molecular weight excluding hydrogens is 255 g/mol. The van der Waals surface area contributed by atoms with Crippen LogP contribution in [0.5, 0.6) is 0 Å². The zero-order chi connectivity index (χ0) is 14.8. The Hall–Kier alpha value is -1.26. The number of benzene rings is 1. The van der Waals surface area contributed by atoms with Gasteiger partial charge >= 0.3 is 0 Å². The van der Waals surface area contributed by atoms with Gasteiger partial charge < -0.3 is 5.32 Å². The van der Waals surface area contributed by atoms with E-state index in [1.54, 1.807) is 6.07 Å². The molecule has 1 aromatic carbocycles. The first-order chi connectivity index (χ1) is 9.41. The molecular formula is C16H23FN2O. The van der Waals surface area contributed by atoms with E-state index in [0.717, 1.165) is 37.3 Å². The monoisotopic (exact) mass is 278 g/mol. The maximum atomic E-state index is 13.3. The van der Waals surface area contributed by atoms with E-state index in [1.165, 1.54) is 12.1 Å². The van der Waals surface area contributed by atoms with Crippen LogP contribution in [-0.4, -0.2) is 42.4 Å². The molecule has 1 aromatic rings. The summed E-state index contributed by atoms with van der Waals surface area (Å²) in [4.78, 5) is 14.8. The molecule has 0 aliphatic carbocycles. The zero-order valence-electron chi connectivity index (χ0n) is 12.5. The van der Waals surface area contributed by atoms with Crippen LogP contribution in [0.25, 0.3) is 0 Å². The van der Waals surface area contributed by atoms with E-state index in [1.807, 2.05) is 20.8 Å². The van der Waals surface area contributed by atoms with Gasteiger partial charge in [-0.25, -0.2) is 4.39 Å². The number of rotatable bonds is 4. The van der Waals surface area contributed by atoms with Crippen LogP contribution in [0, 0.1) is 12.7 Å². The smallest absolute Gasteiger partial charge is 0.156 e. The van der Waals surface area contributed by atoms with Gasteiger partial charge in [0.2, 0.25) is 0 Å². The van der Waals surface area contributed by atoms with Crippen LogP contribution in [0.15, 0.2) is 18.2 Å². The highest BCUT2D eigenvalue weighted by Gasteiger charge is 2.34. The van der Waals surface area contributed by atoms with Gasteiger partial charge in [-0.05, 0) is 44.0 Å². The molecule has 0 atom stereocenters. The molecule has 0 bridgehead atoms. The van der Waals surface area contributed by atoms with E-state index in [-0.39, 0.29) is 11.6 Å². The van der Waals surface area contributed by atoms with Gasteiger partial charge in [-0.3, -0.25) is 9.69 Å². The second kappa shape index (κ2) is 6.02. The van der Waals surface area contributed by atoms with Crippen LogP contribution >= 0.6 is 0 Å². The lowest BCUT2D eigenvalue weighted by atomic mass is 9.90. The molecule has 0 saturated carbocycles. The van der Waals surface area contributed by atoms with Crippen molar-refractivity contribution in [3.8, 4) is 0 Å². The van der Waals surface area contributed by atoms with E-state index >= 15 is 0 Å². The first-order valence-corrected chi connectivity index (χ1v) is 7.15. The molecule has 1 saturated heterocycles. The Balaban J connectivity index is 2.11. The fourth-order valence-electron chi connectivity index (χ4n) is 2.62. The normalized spacial score (nSPS) is 17.2. The maximum absolute atomic E-state index is 13.3. The Kier molecular flexibility index (Phi) is 4.55. The maximum Gasteiger partial charge on any atom is 0.156 e. The largest absolute Gasteiger partial charge is 0.314 e. The highest BCUT2D eigenvalue weighted by molar-refractivity contribution is 5.89. The Morgan fingerprint density at radius 3 is 2.65 bits per heavy atom. The topological polar surface area (TPSA) is 32.3 Å². The molecule has 1 heterocycles. The number of hydrogen-bond donors (Lipinski definition) is 1. The van der Waals surface area contributed by atoms with E-state index in [0.29, 0.717) is 6.42 Å². The van der Waals surface area contributed by atoms with Crippen LogP contribution in [0.1, 0.15) is 25.0 Å². The summed E-state index contributed by atoms with van der Waals surface area (Å²) in [7, 11) is 0. The Morgan fingerprint density at radius 1 is 1.35 bits per heavy atom. The van der Waals surface area contributed by atoms with Crippen molar-refractivity contribution in [3.63, 3.8) is 0 Å². The lowest BCUT2D eigenvalue weighted by Crippen LogP contribution is -2.57. The van der Waals surface area contributed by atoms with Crippen LogP contribution in [0.3, 0.4) is 0 Å². The third-order valence-electron chi connectivity index (χ3n) is 4.25. The van der Waals surface area contributed by atoms with Gasteiger partial charge in [-0.2, -0.15) is 0 Å². The lowest BCUT2D eigenvalue weighted by Gasteiger charge is -2.40. The number of hydrogen-bond acceptors (Lipinski definition) is 3. The van der Waals surface area contributed by atoms with E-state index in [4.69, 9.17) is 0 Å². The molecule has 1 aliphatic rings. The lowest BCUT2D eigenvalue weighted by molar-refractivity contribution is -0.129. The van der Waals surface area contributed by atoms with E-state index < -0.39 is 5.54 Å². The third-order valence-corrected chi connectivity index (χ3v) is 4.25. The molecule has 3 nitrogen and oxygen atoms in total. The minimum atomic E-state index is -0.499. The van der Waals surface area contributed by atoms with Crippen molar-refractivity contribution < 1.29 is 9.18 Å². The number of Topliss-reactive ketones (excluding diaryl/α,β-unsaturated/α-hetero) is 1.